The topological polar surface area (TPSA) is 49.4 Å². The van der Waals surface area contributed by atoms with E-state index in [1.54, 1.807) is 11.8 Å². The van der Waals surface area contributed by atoms with E-state index >= 15 is 0 Å². The van der Waals surface area contributed by atoms with Crippen LogP contribution >= 0.6 is 11.8 Å². The van der Waals surface area contributed by atoms with E-state index in [9.17, 15) is 9.59 Å². The van der Waals surface area contributed by atoms with Crippen LogP contribution in [-0.2, 0) is 11.3 Å². The summed E-state index contributed by atoms with van der Waals surface area (Å²) in [5.74, 6) is 3.19. The SMILES string of the molecule is O=C(NC12CC3CC(CC(C3)C1)C2)c1ccc([C@@H]2SCC(=O)N2Cc2ccccc2)cc1. The van der Waals surface area contributed by atoms with Crippen molar-refractivity contribution in [2.45, 2.75) is 56.0 Å². The molecular weight excluding hydrogens is 416 g/mol. The third-order valence-electron chi connectivity index (χ3n) is 8.04. The summed E-state index contributed by atoms with van der Waals surface area (Å²) in [5.41, 5.74) is 2.99. The van der Waals surface area contributed by atoms with Crippen molar-refractivity contribution in [2.75, 3.05) is 5.75 Å². The van der Waals surface area contributed by atoms with Gasteiger partial charge in [0.2, 0.25) is 5.91 Å². The van der Waals surface area contributed by atoms with Crippen molar-refractivity contribution in [3.8, 4) is 0 Å². The molecule has 5 fully saturated rings. The minimum Gasteiger partial charge on any atom is -0.347 e. The lowest BCUT2D eigenvalue weighted by molar-refractivity contribution is -0.128. The van der Waals surface area contributed by atoms with E-state index in [-0.39, 0.29) is 22.7 Å². The lowest BCUT2D eigenvalue weighted by atomic mass is 9.53. The molecule has 2 amide bonds. The van der Waals surface area contributed by atoms with E-state index in [0.29, 0.717) is 12.3 Å². The molecule has 4 nitrogen and oxygen atoms in total. The maximum atomic E-state index is 13.1. The molecule has 5 heteroatoms. The van der Waals surface area contributed by atoms with Gasteiger partial charge in [-0.15, -0.1) is 11.8 Å². The van der Waals surface area contributed by atoms with Gasteiger partial charge in [-0.05, 0) is 79.5 Å². The normalized spacial score (nSPS) is 33.0. The molecule has 7 rings (SSSR count). The van der Waals surface area contributed by atoms with Crippen LogP contribution in [0, 0.1) is 17.8 Å². The maximum Gasteiger partial charge on any atom is 0.251 e. The fourth-order valence-corrected chi connectivity index (χ4v) is 8.25. The molecule has 0 radical (unpaired) electrons. The van der Waals surface area contributed by atoms with Crippen LogP contribution in [0.25, 0.3) is 0 Å². The Balaban J connectivity index is 1.15. The highest BCUT2D eigenvalue weighted by atomic mass is 32.2. The number of hydrogen-bond donors (Lipinski definition) is 1. The van der Waals surface area contributed by atoms with E-state index in [1.165, 1.54) is 38.5 Å². The zero-order chi connectivity index (χ0) is 21.7. The number of rotatable bonds is 5. The van der Waals surface area contributed by atoms with Gasteiger partial charge in [-0.2, -0.15) is 0 Å². The van der Waals surface area contributed by atoms with Gasteiger partial charge < -0.3 is 10.2 Å². The molecule has 32 heavy (non-hydrogen) atoms. The fourth-order valence-electron chi connectivity index (χ4n) is 7.06. The highest BCUT2D eigenvalue weighted by molar-refractivity contribution is 8.00. The predicted molar refractivity (Wildman–Crippen MR) is 127 cm³/mol. The Kier molecular flexibility index (Phi) is 5.05. The molecule has 0 aromatic heterocycles. The predicted octanol–water partition coefficient (Wildman–Crippen LogP) is 5.16. The molecule has 1 N–H and O–H groups in total. The molecule has 4 bridgehead atoms. The summed E-state index contributed by atoms with van der Waals surface area (Å²) in [7, 11) is 0. The smallest absolute Gasteiger partial charge is 0.251 e. The molecule has 1 heterocycles. The maximum absolute atomic E-state index is 13.1. The average Bonchev–Trinajstić information content (AvgIpc) is 3.13. The molecule has 2 aromatic rings. The number of nitrogens with one attached hydrogen (secondary N) is 1. The largest absolute Gasteiger partial charge is 0.347 e. The quantitative estimate of drug-likeness (QED) is 0.690. The molecule has 4 saturated carbocycles. The van der Waals surface area contributed by atoms with Gasteiger partial charge in [0.1, 0.15) is 5.37 Å². The molecule has 0 unspecified atom stereocenters. The molecular formula is C27H30N2O2S. The highest BCUT2D eigenvalue weighted by Crippen LogP contribution is 2.55. The summed E-state index contributed by atoms with van der Waals surface area (Å²) < 4.78 is 0. The zero-order valence-electron chi connectivity index (χ0n) is 18.3. The number of amides is 2. The first-order valence-electron chi connectivity index (χ1n) is 11.9. The second-order valence-electron chi connectivity index (χ2n) is 10.4. The van der Waals surface area contributed by atoms with Crippen molar-refractivity contribution >= 4 is 23.6 Å². The molecule has 1 atom stereocenters. The van der Waals surface area contributed by atoms with Crippen molar-refractivity contribution in [3.63, 3.8) is 0 Å². The van der Waals surface area contributed by atoms with E-state index < -0.39 is 0 Å². The van der Waals surface area contributed by atoms with Crippen LogP contribution in [0.1, 0.15) is 65.4 Å². The van der Waals surface area contributed by atoms with Gasteiger partial charge >= 0.3 is 0 Å². The van der Waals surface area contributed by atoms with Crippen LogP contribution in [-0.4, -0.2) is 28.0 Å². The first-order chi connectivity index (χ1) is 15.6. The Morgan fingerprint density at radius 2 is 1.56 bits per heavy atom. The van der Waals surface area contributed by atoms with E-state index in [2.05, 4.69) is 17.4 Å². The minimum atomic E-state index is 0.00275. The number of carbonyl (C=O) groups excluding carboxylic acids is 2. The van der Waals surface area contributed by atoms with Crippen LogP contribution in [0.5, 0.6) is 0 Å². The molecule has 1 aliphatic heterocycles. The summed E-state index contributed by atoms with van der Waals surface area (Å²) in [6, 6.07) is 18.1. The Hall–Kier alpha value is -2.27. The molecule has 5 aliphatic rings. The monoisotopic (exact) mass is 446 g/mol. The Morgan fingerprint density at radius 3 is 2.19 bits per heavy atom. The van der Waals surface area contributed by atoms with Gasteiger partial charge in [-0.1, -0.05) is 42.5 Å². The highest BCUT2D eigenvalue weighted by Gasteiger charge is 2.51. The molecule has 4 aliphatic carbocycles. The summed E-state index contributed by atoms with van der Waals surface area (Å²) in [6.07, 6.45) is 7.62. The average molecular weight is 447 g/mol. The van der Waals surface area contributed by atoms with Crippen molar-refractivity contribution in [3.05, 3.63) is 71.3 Å². The van der Waals surface area contributed by atoms with E-state index in [1.807, 2.05) is 47.4 Å². The number of benzene rings is 2. The number of carbonyl (C=O) groups is 2. The van der Waals surface area contributed by atoms with Crippen molar-refractivity contribution in [1.82, 2.24) is 10.2 Å². The summed E-state index contributed by atoms with van der Waals surface area (Å²) >= 11 is 1.67. The summed E-state index contributed by atoms with van der Waals surface area (Å²) in [6.45, 7) is 0.617. The lowest BCUT2D eigenvalue weighted by Crippen LogP contribution is -2.59. The van der Waals surface area contributed by atoms with E-state index in [0.717, 1.165) is 34.4 Å². The third kappa shape index (κ3) is 3.75. The van der Waals surface area contributed by atoms with Crippen LogP contribution in [0.15, 0.2) is 54.6 Å². The van der Waals surface area contributed by atoms with E-state index in [4.69, 9.17) is 0 Å². The standard InChI is InChI=1S/C27H30N2O2S/c30-24-17-32-26(29(24)16-18-4-2-1-3-5-18)23-8-6-22(7-9-23)25(31)28-27-13-19-10-20(14-27)12-21(11-19)15-27/h1-9,19-21,26H,10-17H2,(H,28,31)/t19?,20?,21?,26-,27?/m0/s1. The minimum absolute atomic E-state index is 0.00275. The third-order valence-corrected chi connectivity index (χ3v) is 9.29. The molecule has 0 spiro atoms. The number of thioether (sulfide) groups is 1. The number of hydrogen-bond acceptors (Lipinski definition) is 3. The molecule has 2 aromatic carbocycles. The van der Waals surface area contributed by atoms with Crippen molar-refractivity contribution in [2.24, 2.45) is 17.8 Å². The van der Waals surface area contributed by atoms with Gasteiger partial charge in [0.05, 0.1) is 5.75 Å². The summed E-state index contributed by atoms with van der Waals surface area (Å²) in [4.78, 5) is 27.6. The second-order valence-corrected chi connectivity index (χ2v) is 11.5. The first kappa shape index (κ1) is 20.3. The van der Waals surface area contributed by atoms with Gasteiger partial charge in [0.15, 0.2) is 0 Å². The van der Waals surface area contributed by atoms with Gasteiger partial charge in [0.25, 0.3) is 5.91 Å². The Morgan fingerprint density at radius 1 is 0.938 bits per heavy atom. The van der Waals surface area contributed by atoms with Crippen LogP contribution in [0.3, 0.4) is 0 Å². The number of nitrogens with zero attached hydrogens (tertiary/aromatic N) is 1. The van der Waals surface area contributed by atoms with Gasteiger partial charge in [-0.3, -0.25) is 9.59 Å². The Labute approximate surface area is 194 Å². The van der Waals surface area contributed by atoms with Crippen LogP contribution in [0.4, 0.5) is 0 Å². The van der Waals surface area contributed by atoms with Gasteiger partial charge in [-0.25, -0.2) is 0 Å². The first-order valence-corrected chi connectivity index (χ1v) is 13.0. The molecule has 166 valence electrons. The Bertz CT molecular complexity index is 984. The second kappa shape index (κ2) is 7.95. The summed E-state index contributed by atoms with van der Waals surface area (Å²) in [5, 5.41) is 3.47. The van der Waals surface area contributed by atoms with Crippen molar-refractivity contribution < 1.29 is 9.59 Å². The van der Waals surface area contributed by atoms with Gasteiger partial charge in [0, 0.05) is 17.6 Å². The fraction of sp³-hybridized carbons (Fsp3) is 0.481. The lowest BCUT2D eigenvalue weighted by Gasteiger charge is -2.56. The molecule has 1 saturated heterocycles. The van der Waals surface area contributed by atoms with Crippen molar-refractivity contribution in [1.29, 1.82) is 0 Å². The zero-order valence-corrected chi connectivity index (χ0v) is 19.2. The van der Waals surface area contributed by atoms with Crippen LogP contribution < -0.4 is 5.32 Å². The van der Waals surface area contributed by atoms with Crippen LogP contribution in [0.2, 0.25) is 0 Å².